The van der Waals surface area contributed by atoms with Crippen molar-refractivity contribution in [2.75, 3.05) is 19.0 Å². The molecule has 0 saturated carbocycles. The van der Waals surface area contributed by atoms with Crippen LogP contribution in [0.2, 0.25) is 0 Å². The summed E-state index contributed by atoms with van der Waals surface area (Å²) in [6.45, 7) is 3.26. The van der Waals surface area contributed by atoms with Crippen LogP contribution in [0.4, 0.5) is 5.69 Å². The molecule has 3 heteroatoms. The van der Waals surface area contributed by atoms with E-state index in [9.17, 15) is 0 Å². The summed E-state index contributed by atoms with van der Waals surface area (Å²) in [6, 6.07) is 17.7. The Hall–Kier alpha value is -1.57. The second-order valence-corrected chi connectivity index (χ2v) is 7.22. The summed E-state index contributed by atoms with van der Waals surface area (Å²) in [4.78, 5) is 2.14. The molecule has 3 rings (SSSR count). The van der Waals surface area contributed by atoms with Crippen molar-refractivity contribution in [3.8, 4) is 10.1 Å². The Kier molecular flexibility index (Phi) is 3.64. The summed E-state index contributed by atoms with van der Waals surface area (Å²) in [7, 11) is 4.16. The first-order valence-electron chi connectivity index (χ1n) is 6.90. The van der Waals surface area contributed by atoms with Crippen LogP contribution >= 0.6 is 0 Å². The van der Waals surface area contributed by atoms with Crippen LogP contribution in [0.25, 0.3) is 19.9 Å². The minimum atomic E-state index is 0.409. The van der Waals surface area contributed by atoms with Gasteiger partial charge in [0.2, 0.25) is 0 Å². The molecule has 3 aromatic rings. The van der Waals surface area contributed by atoms with Crippen molar-refractivity contribution in [3.05, 3.63) is 48.5 Å². The predicted octanol–water partition coefficient (Wildman–Crippen LogP) is 2.94. The Labute approximate surface area is 126 Å². The van der Waals surface area contributed by atoms with E-state index in [2.05, 4.69) is 79.0 Å². The second-order valence-electron chi connectivity index (χ2n) is 5.06. The Morgan fingerprint density at radius 1 is 1.00 bits per heavy atom. The SMILES string of the molecule is CC[n+]1c(-c2ccc(N(C)C)cc2)[se]c2ccccc21. The number of nitrogens with zero attached hydrogens (tertiary/aromatic N) is 2. The third kappa shape index (κ3) is 2.28. The van der Waals surface area contributed by atoms with Crippen molar-refractivity contribution in [2.24, 2.45) is 0 Å². The summed E-state index contributed by atoms with van der Waals surface area (Å²) in [5.74, 6) is 0. The first kappa shape index (κ1) is 13.4. The molecule has 0 saturated heterocycles. The third-order valence-corrected chi connectivity index (χ3v) is 6.10. The molecule has 0 atom stereocenters. The molecule has 0 bridgehead atoms. The van der Waals surface area contributed by atoms with Crippen molar-refractivity contribution < 1.29 is 4.57 Å². The Balaban J connectivity index is 2.13. The van der Waals surface area contributed by atoms with Gasteiger partial charge in [-0.05, 0) is 0 Å². The van der Waals surface area contributed by atoms with E-state index in [1.807, 2.05) is 0 Å². The van der Waals surface area contributed by atoms with Gasteiger partial charge in [0.05, 0.1) is 0 Å². The Bertz CT molecular complexity index is 726. The van der Waals surface area contributed by atoms with Gasteiger partial charge >= 0.3 is 126 Å². The van der Waals surface area contributed by atoms with Gasteiger partial charge in [0.1, 0.15) is 0 Å². The summed E-state index contributed by atoms with van der Waals surface area (Å²) in [5, 5.41) is 0. The van der Waals surface area contributed by atoms with Crippen molar-refractivity contribution in [1.82, 2.24) is 0 Å². The zero-order valence-corrected chi connectivity index (χ0v) is 13.8. The molecular weight excluding hydrogens is 311 g/mol. The Morgan fingerprint density at radius 2 is 1.70 bits per heavy atom. The summed E-state index contributed by atoms with van der Waals surface area (Å²) in [6.07, 6.45) is 0. The van der Waals surface area contributed by atoms with Gasteiger partial charge in [-0.15, -0.1) is 0 Å². The van der Waals surface area contributed by atoms with Gasteiger partial charge in [-0.25, -0.2) is 0 Å². The molecule has 0 amide bonds. The van der Waals surface area contributed by atoms with Gasteiger partial charge in [-0.3, -0.25) is 0 Å². The molecule has 1 aromatic heterocycles. The second kappa shape index (κ2) is 5.43. The molecule has 0 aliphatic heterocycles. The molecule has 0 fully saturated rings. The number of aryl methyl sites for hydroxylation is 1. The van der Waals surface area contributed by atoms with Gasteiger partial charge in [0.15, 0.2) is 0 Å². The molecule has 0 aliphatic rings. The number of fused-ring (bicyclic) bond motifs is 1. The fraction of sp³-hybridized carbons (Fsp3) is 0.235. The van der Waals surface area contributed by atoms with E-state index in [0.29, 0.717) is 14.5 Å². The minimum absolute atomic E-state index is 0.409. The predicted molar refractivity (Wildman–Crippen MR) is 86.5 cm³/mol. The first-order valence-corrected chi connectivity index (χ1v) is 8.61. The van der Waals surface area contributed by atoms with Gasteiger partial charge in [0, 0.05) is 0 Å². The molecular formula is C17H19N2Se+. The van der Waals surface area contributed by atoms with Gasteiger partial charge in [0.25, 0.3) is 0 Å². The normalized spacial score (nSPS) is 10.9. The van der Waals surface area contributed by atoms with Crippen LogP contribution in [0.15, 0.2) is 48.5 Å². The van der Waals surface area contributed by atoms with E-state index in [4.69, 9.17) is 0 Å². The fourth-order valence-electron chi connectivity index (χ4n) is 2.47. The molecule has 102 valence electrons. The maximum atomic E-state index is 2.46. The number of hydrogen-bond donors (Lipinski definition) is 0. The topological polar surface area (TPSA) is 7.12 Å². The monoisotopic (exact) mass is 331 g/mol. The van der Waals surface area contributed by atoms with Gasteiger partial charge in [-0.1, -0.05) is 0 Å². The van der Waals surface area contributed by atoms with E-state index >= 15 is 0 Å². The molecule has 2 nitrogen and oxygen atoms in total. The molecule has 2 aromatic carbocycles. The van der Waals surface area contributed by atoms with Crippen LogP contribution in [0.5, 0.6) is 0 Å². The van der Waals surface area contributed by atoms with E-state index in [-0.39, 0.29) is 0 Å². The fourth-order valence-corrected chi connectivity index (χ4v) is 5.05. The third-order valence-electron chi connectivity index (χ3n) is 3.55. The number of anilines is 1. The van der Waals surface area contributed by atoms with Crippen LogP contribution in [-0.2, 0) is 6.54 Å². The molecule has 0 spiro atoms. The zero-order valence-electron chi connectivity index (χ0n) is 12.1. The van der Waals surface area contributed by atoms with E-state index in [1.54, 1.807) is 0 Å². The number of aromatic nitrogens is 1. The van der Waals surface area contributed by atoms with Crippen LogP contribution < -0.4 is 9.47 Å². The maximum absolute atomic E-state index is 2.46. The number of hydrogen-bond acceptors (Lipinski definition) is 1. The van der Waals surface area contributed by atoms with Crippen LogP contribution in [-0.4, -0.2) is 28.6 Å². The molecule has 0 aliphatic carbocycles. The average molecular weight is 330 g/mol. The number of rotatable bonds is 3. The van der Waals surface area contributed by atoms with Gasteiger partial charge < -0.3 is 0 Å². The molecule has 0 unspecified atom stereocenters. The zero-order chi connectivity index (χ0) is 14.1. The van der Waals surface area contributed by atoms with Crippen molar-refractivity contribution >= 4 is 30.0 Å². The first-order chi connectivity index (χ1) is 9.70. The van der Waals surface area contributed by atoms with Crippen LogP contribution in [0, 0.1) is 0 Å². The molecule has 0 N–H and O–H groups in total. The van der Waals surface area contributed by atoms with Crippen molar-refractivity contribution in [2.45, 2.75) is 13.5 Å². The summed E-state index contributed by atoms with van der Waals surface area (Å²) in [5.41, 5.74) is 4.00. The van der Waals surface area contributed by atoms with E-state index in [1.165, 1.54) is 25.6 Å². The van der Waals surface area contributed by atoms with Gasteiger partial charge in [-0.2, -0.15) is 0 Å². The summed E-state index contributed by atoms with van der Waals surface area (Å²) < 4.78 is 5.43. The van der Waals surface area contributed by atoms with Crippen LogP contribution in [0.1, 0.15) is 6.92 Å². The van der Waals surface area contributed by atoms with Crippen LogP contribution in [0.3, 0.4) is 0 Å². The number of para-hydroxylation sites is 1. The summed E-state index contributed by atoms with van der Waals surface area (Å²) >= 11 is 0.409. The van der Waals surface area contributed by atoms with E-state index in [0.717, 1.165) is 6.54 Å². The van der Waals surface area contributed by atoms with Crippen molar-refractivity contribution in [3.63, 3.8) is 0 Å². The molecule has 1 heterocycles. The quantitative estimate of drug-likeness (QED) is 0.529. The standard InChI is InChI=1S/C17H19N2Se/c1-4-19-15-7-5-6-8-16(15)20-17(19)13-9-11-14(12-10-13)18(2)3/h5-12H,4H2,1-3H3/q+1. The molecule has 20 heavy (non-hydrogen) atoms. The number of benzene rings is 2. The molecule has 0 radical (unpaired) electrons. The van der Waals surface area contributed by atoms with E-state index < -0.39 is 0 Å². The average Bonchev–Trinajstić information content (AvgIpc) is 2.85. The van der Waals surface area contributed by atoms with Crippen molar-refractivity contribution in [1.29, 1.82) is 0 Å². The Morgan fingerprint density at radius 3 is 2.35 bits per heavy atom.